The number of nitrogens with one attached hydrogen (secondary N) is 2. The number of pyridine rings is 2. The molecule has 0 spiro atoms. The number of hydrogen-bond donors (Lipinski definition) is 3. The van der Waals surface area contributed by atoms with E-state index >= 15 is 0 Å². The smallest absolute Gasteiger partial charge is 0.257 e. The Bertz CT molecular complexity index is 1060. The number of nitrogens with two attached hydrogens (primary N) is 1. The minimum absolute atomic E-state index is 0.0971. The molecule has 1 aliphatic heterocycles. The van der Waals surface area contributed by atoms with Gasteiger partial charge in [0.15, 0.2) is 0 Å². The van der Waals surface area contributed by atoms with Crippen LogP contribution in [0.5, 0.6) is 0 Å². The first-order chi connectivity index (χ1) is 14.6. The molecule has 0 saturated carbocycles. The van der Waals surface area contributed by atoms with Gasteiger partial charge in [-0.3, -0.25) is 14.6 Å². The second-order valence-corrected chi connectivity index (χ2v) is 7.32. The maximum absolute atomic E-state index is 12.7. The number of carbonyl (C=O) groups is 2. The first kappa shape index (κ1) is 19.9. The molecule has 0 aromatic carbocycles. The maximum Gasteiger partial charge on any atom is 0.257 e. The zero-order valence-corrected chi connectivity index (χ0v) is 16.9. The first-order valence-electron chi connectivity index (χ1n) is 9.99. The van der Waals surface area contributed by atoms with Crippen LogP contribution in [0, 0.1) is 0 Å². The van der Waals surface area contributed by atoms with Crippen LogP contribution in [0.25, 0.3) is 11.0 Å². The van der Waals surface area contributed by atoms with Crippen molar-refractivity contribution in [2.45, 2.75) is 6.42 Å². The number of H-pyrrole nitrogens is 1. The van der Waals surface area contributed by atoms with E-state index in [9.17, 15) is 9.59 Å². The van der Waals surface area contributed by atoms with Crippen LogP contribution in [-0.4, -0.2) is 72.2 Å². The number of piperazine rings is 1. The van der Waals surface area contributed by atoms with Gasteiger partial charge in [-0.2, -0.15) is 0 Å². The number of carbonyl (C=O) groups excluding carboxylic acids is 2. The molecule has 1 saturated heterocycles. The minimum Gasteiger partial charge on any atom is -0.368 e. The fraction of sp³-hybridized carbons (Fsp3) is 0.300. The average Bonchev–Trinajstić information content (AvgIpc) is 3.17. The summed E-state index contributed by atoms with van der Waals surface area (Å²) >= 11 is 0. The SMILES string of the molecule is Bc1cnc2[nH]cc(NC(=O)c3cccnc3)c2c1N1CCN(C(=O)CCN)CC1. The third kappa shape index (κ3) is 3.86. The lowest BCUT2D eigenvalue weighted by molar-refractivity contribution is -0.131. The number of amides is 2. The summed E-state index contributed by atoms with van der Waals surface area (Å²) in [7, 11) is 2.01. The Labute approximate surface area is 175 Å². The molecule has 2 amide bonds. The van der Waals surface area contributed by atoms with Crippen LogP contribution in [0.2, 0.25) is 0 Å². The Balaban J connectivity index is 1.61. The molecule has 4 heterocycles. The van der Waals surface area contributed by atoms with Gasteiger partial charge in [-0.25, -0.2) is 4.98 Å². The van der Waals surface area contributed by atoms with E-state index in [0.717, 1.165) is 16.5 Å². The lowest BCUT2D eigenvalue weighted by Crippen LogP contribution is -2.50. The molecule has 0 bridgehead atoms. The summed E-state index contributed by atoms with van der Waals surface area (Å²) in [5, 5.41) is 3.85. The molecule has 9 nitrogen and oxygen atoms in total. The molecule has 4 N–H and O–H groups in total. The zero-order chi connectivity index (χ0) is 21.1. The molecule has 0 radical (unpaired) electrons. The number of fused-ring (bicyclic) bond motifs is 1. The molecule has 30 heavy (non-hydrogen) atoms. The topological polar surface area (TPSA) is 120 Å². The van der Waals surface area contributed by atoms with Crippen molar-refractivity contribution in [1.82, 2.24) is 19.9 Å². The van der Waals surface area contributed by atoms with Crippen molar-refractivity contribution >= 4 is 47.5 Å². The normalized spacial score (nSPS) is 14.2. The van der Waals surface area contributed by atoms with Gasteiger partial charge in [-0.05, 0) is 17.6 Å². The van der Waals surface area contributed by atoms with Crippen molar-refractivity contribution in [1.29, 1.82) is 0 Å². The first-order valence-corrected chi connectivity index (χ1v) is 9.99. The summed E-state index contributed by atoms with van der Waals surface area (Å²) in [5.74, 6) is -0.131. The van der Waals surface area contributed by atoms with E-state index in [0.29, 0.717) is 56.0 Å². The summed E-state index contributed by atoms with van der Waals surface area (Å²) in [6.45, 7) is 3.06. The molecule has 0 atom stereocenters. The van der Waals surface area contributed by atoms with Gasteiger partial charge in [0.05, 0.1) is 16.6 Å². The molecule has 3 aromatic rings. The van der Waals surface area contributed by atoms with E-state index in [1.165, 1.54) is 6.20 Å². The second kappa shape index (κ2) is 8.54. The van der Waals surface area contributed by atoms with Crippen molar-refractivity contribution in [3.05, 3.63) is 42.5 Å². The van der Waals surface area contributed by atoms with Crippen LogP contribution < -0.4 is 21.4 Å². The van der Waals surface area contributed by atoms with Crippen LogP contribution >= 0.6 is 0 Å². The number of rotatable bonds is 5. The largest absolute Gasteiger partial charge is 0.368 e. The van der Waals surface area contributed by atoms with Crippen molar-refractivity contribution in [2.75, 3.05) is 42.9 Å². The number of hydrogen-bond acceptors (Lipinski definition) is 6. The number of aromatic amines is 1. The van der Waals surface area contributed by atoms with Crippen LogP contribution in [-0.2, 0) is 4.79 Å². The van der Waals surface area contributed by atoms with Crippen molar-refractivity contribution in [3.8, 4) is 0 Å². The quantitative estimate of drug-likeness (QED) is 0.491. The fourth-order valence-electron chi connectivity index (χ4n) is 3.83. The summed E-state index contributed by atoms with van der Waals surface area (Å²) in [4.78, 5) is 40.5. The van der Waals surface area contributed by atoms with Gasteiger partial charge < -0.3 is 25.8 Å². The van der Waals surface area contributed by atoms with Gasteiger partial charge in [0.1, 0.15) is 13.5 Å². The van der Waals surface area contributed by atoms with Gasteiger partial charge in [0, 0.05) is 69.6 Å². The van der Waals surface area contributed by atoms with Crippen molar-refractivity contribution < 1.29 is 9.59 Å². The van der Waals surface area contributed by atoms with E-state index in [4.69, 9.17) is 5.73 Å². The van der Waals surface area contributed by atoms with Crippen molar-refractivity contribution in [2.24, 2.45) is 5.73 Å². The lowest BCUT2D eigenvalue weighted by atomic mass is 9.93. The number of nitrogens with zero attached hydrogens (tertiary/aromatic N) is 4. The highest BCUT2D eigenvalue weighted by molar-refractivity contribution is 6.38. The Kier molecular flexibility index (Phi) is 5.67. The van der Waals surface area contributed by atoms with Gasteiger partial charge >= 0.3 is 0 Å². The molecule has 0 aliphatic carbocycles. The summed E-state index contributed by atoms with van der Waals surface area (Å²) in [5.41, 5.74) is 9.42. The monoisotopic (exact) mass is 405 g/mol. The fourth-order valence-corrected chi connectivity index (χ4v) is 3.83. The molecule has 1 fully saturated rings. The second-order valence-electron chi connectivity index (χ2n) is 7.32. The predicted octanol–water partition coefficient (Wildman–Crippen LogP) is -0.534. The lowest BCUT2D eigenvalue weighted by Gasteiger charge is -2.37. The number of anilines is 2. The molecule has 154 valence electrons. The third-order valence-electron chi connectivity index (χ3n) is 5.34. The standard InChI is InChI=1S/C20H24BN7O2/c21-14-11-24-19-17(15(12-25-19)26-20(30)13-2-1-5-23-10-13)18(14)28-8-6-27(7-9-28)16(29)3-4-22/h1-2,5,10-12H,3-4,6-9,21-22H2,(H,24,25)(H,26,30). The molecule has 1 aliphatic rings. The van der Waals surface area contributed by atoms with E-state index < -0.39 is 0 Å². The molecule has 3 aromatic heterocycles. The van der Waals surface area contributed by atoms with Crippen LogP contribution in [0.4, 0.5) is 11.4 Å². The van der Waals surface area contributed by atoms with Gasteiger partial charge in [-0.1, -0.05) is 0 Å². The molecular formula is C20H24BN7O2. The highest BCUT2D eigenvalue weighted by Crippen LogP contribution is 2.31. The van der Waals surface area contributed by atoms with Gasteiger partial charge in [-0.15, -0.1) is 0 Å². The van der Waals surface area contributed by atoms with E-state index in [1.54, 1.807) is 24.5 Å². The summed E-state index contributed by atoms with van der Waals surface area (Å²) in [6.07, 6.45) is 7.13. The van der Waals surface area contributed by atoms with Crippen LogP contribution in [0.3, 0.4) is 0 Å². The molecule has 10 heteroatoms. The van der Waals surface area contributed by atoms with E-state index in [1.807, 2.05) is 18.9 Å². The Morgan fingerprint density at radius 2 is 2.03 bits per heavy atom. The van der Waals surface area contributed by atoms with Crippen LogP contribution in [0.1, 0.15) is 16.8 Å². The molecule has 4 rings (SSSR count). The van der Waals surface area contributed by atoms with Crippen LogP contribution in [0.15, 0.2) is 36.9 Å². The predicted molar refractivity (Wildman–Crippen MR) is 119 cm³/mol. The molecular weight excluding hydrogens is 381 g/mol. The van der Waals surface area contributed by atoms with Crippen molar-refractivity contribution in [3.63, 3.8) is 0 Å². The van der Waals surface area contributed by atoms with E-state index in [-0.39, 0.29) is 11.8 Å². The Morgan fingerprint density at radius 1 is 1.23 bits per heavy atom. The van der Waals surface area contributed by atoms with E-state index in [2.05, 4.69) is 25.2 Å². The maximum atomic E-state index is 12.7. The van der Waals surface area contributed by atoms with Gasteiger partial charge in [0.25, 0.3) is 5.91 Å². The highest BCUT2D eigenvalue weighted by atomic mass is 16.2. The number of aromatic nitrogens is 3. The minimum atomic E-state index is -0.228. The zero-order valence-electron chi connectivity index (χ0n) is 16.9. The Morgan fingerprint density at radius 3 is 2.73 bits per heavy atom. The Hall–Kier alpha value is -3.40. The summed E-state index contributed by atoms with van der Waals surface area (Å²) < 4.78 is 0. The average molecular weight is 405 g/mol. The van der Waals surface area contributed by atoms with Gasteiger partial charge in [0.2, 0.25) is 5.91 Å². The third-order valence-corrected chi connectivity index (χ3v) is 5.34. The molecule has 0 unspecified atom stereocenters. The highest BCUT2D eigenvalue weighted by Gasteiger charge is 2.25. The summed E-state index contributed by atoms with van der Waals surface area (Å²) in [6, 6.07) is 3.45.